The van der Waals surface area contributed by atoms with Crippen LogP contribution in [0.3, 0.4) is 0 Å². The van der Waals surface area contributed by atoms with E-state index in [9.17, 15) is 9.59 Å². The minimum absolute atomic E-state index is 0.210. The molecule has 1 heterocycles. The van der Waals surface area contributed by atoms with Crippen LogP contribution in [0, 0.1) is 0 Å². The molecule has 0 aromatic heterocycles. The second-order valence-electron chi connectivity index (χ2n) is 7.30. The van der Waals surface area contributed by atoms with Crippen molar-refractivity contribution in [2.45, 2.75) is 13.5 Å². The fraction of sp³-hybridized carbons (Fsp3) is 0.0800. The Labute approximate surface area is 203 Å². The molecule has 8 heteroatoms. The Morgan fingerprint density at radius 1 is 1.15 bits per heavy atom. The van der Waals surface area contributed by atoms with Crippen LogP contribution < -0.4 is 9.75 Å². The van der Waals surface area contributed by atoms with E-state index in [1.807, 2.05) is 36.4 Å². The van der Waals surface area contributed by atoms with Crippen LogP contribution >= 0.6 is 27.5 Å². The number of aromatic carboxylic acids is 1. The lowest BCUT2D eigenvalue weighted by molar-refractivity contribution is -0.114. The van der Waals surface area contributed by atoms with E-state index >= 15 is 0 Å². The summed E-state index contributed by atoms with van der Waals surface area (Å²) in [6.45, 7) is 2.01. The Bertz CT molecular complexity index is 1260. The fourth-order valence-corrected chi connectivity index (χ4v) is 4.28. The van der Waals surface area contributed by atoms with Crippen LogP contribution in [0.2, 0.25) is 5.02 Å². The molecule has 0 fully saturated rings. The van der Waals surface area contributed by atoms with E-state index in [2.05, 4.69) is 21.0 Å². The molecule has 0 saturated heterocycles. The number of anilines is 1. The SMILES string of the molecule is CC1=NN(c2ccccc2)C(=O)/C1=C/c1cc(Cl)c(OCc2ccc(C(=O)O)cc2)c(Br)c1. The van der Waals surface area contributed by atoms with E-state index < -0.39 is 5.97 Å². The first-order valence-electron chi connectivity index (χ1n) is 9.94. The summed E-state index contributed by atoms with van der Waals surface area (Å²) in [7, 11) is 0. The first kappa shape index (κ1) is 22.8. The van der Waals surface area contributed by atoms with E-state index in [1.54, 1.807) is 31.2 Å². The summed E-state index contributed by atoms with van der Waals surface area (Å²) in [5, 5.41) is 15.1. The Kier molecular flexibility index (Phi) is 6.62. The highest BCUT2D eigenvalue weighted by molar-refractivity contribution is 9.10. The van der Waals surface area contributed by atoms with Gasteiger partial charge in [-0.3, -0.25) is 4.79 Å². The van der Waals surface area contributed by atoms with Crippen LogP contribution in [0.4, 0.5) is 5.69 Å². The quantitative estimate of drug-likeness (QED) is 0.390. The van der Waals surface area contributed by atoms with Gasteiger partial charge >= 0.3 is 5.97 Å². The maximum atomic E-state index is 12.9. The zero-order chi connectivity index (χ0) is 23.5. The minimum atomic E-state index is -0.981. The maximum Gasteiger partial charge on any atom is 0.335 e. The monoisotopic (exact) mass is 524 g/mol. The summed E-state index contributed by atoms with van der Waals surface area (Å²) in [6, 6.07) is 19.2. The number of para-hydroxylation sites is 1. The highest BCUT2D eigenvalue weighted by Crippen LogP contribution is 2.36. The normalized spacial score (nSPS) is 14.5. The van der Waals surface area contributed by atoms with E-state index in [0.717, 1.165) is 11.1 Å². The zero-order valence-electron chi connectivity index (χ0n) is 17.5. The van der Waals surface area contributed by atoms with E-state index in [-0.39, 0.29) is 18.1 Å². The van der Waals surface area contributed by atoms with E-state index in [4.69, 9.17) is 21.4 Å². The summed E-state index contributed by atoms with van der Waals surface area (Å²) in [5.41, 5.74) is 3.53. The van der Waals surface area contributed by atoms with Crippen molar-refractivity contribution in [1.82, 2.24) is 0 Å². The highest BCUT2D eigenvalue weighted by atomic mass is 79.9. The van der Waals surface area contributed by atoms with Crippen LogP contribution in [0.15, 0.2) is 81.9 Å². The van der Waals surface area contributed by atoms with Gasteiger partial charge in [-0.2, -0.15) is 10.1 Å². The molecule has 0 aliphatic carbocycles. The van der Waals surface area contributed by atoms with Crippen molar-refractivity contribution in [3.63, 3.8) is 0 Å². The molecule has 0 saturated carbocycles. The van der Waals surface area contributed by atoms with Gasteiger partial charge in [0, 0.05) is 0 Å². The Hall–Kier alpha value is -3.42. The number of carboxylic acids is 1. The van der Waals surface area contributed by atoms with Crippen molar-refractivity contribution >= 4 is 56.9 Å². The van der Waals surface area contributed by atoms with Crippen LogP contribution in [-0.4, -0.2) is 22.7 Å². The summed E-state index contributed by atoms with van der Waals surface area (Å²) in [5.74, 6) is -0.739. The summed E-state index contributed by atoms with van der Waals surface area (Å²) in [6.07, 6.45) is 1.75. The smallest absolute Gasteiger partial charge is 0.335 e. The average Bonchev–Trinajstić information content (AvgIpc) is 3.08. The number of ether oxygens (including phenoxy) is 1. The Morgan fingerprint density at radius 3 is 2.48 bits per heavy atom. The third-order valence-electron chi connectivity index (χ3n) is 4.98. The van der Waals surface area contributed by atoms with E-state index in [0.29, 0.717) is 32.2 Å². The number of benzene rings is 3. The van der Waals surface area contributed by atoms with Gasteiger partial charge < -0.3 is 9.84 Å². The number of carbonyl (C=O) groups excluding carboxylic acids is 1. The standard InChI is InChI=1S/C25H18BrClN2O4/c1-15-20(24(30)29(28-15)19-5-3-2-4-6-19)11-17-12-21(26)23(22(27)13-17)33-14-16-7-9-18(10-8-16)25(31)32/h2-13H,14H2,1H3,(H,31,32)/b20-11+. The molecule has 0 radical (unpaired) electrons. The minimum Gasteiger partial charge on any atom is -0.486 e. The van der Waals surface area contributed by atoms with Crippen molar-refractivity contribution < 1.29 is 19.4 Å². The van der Waals surface area contributed by atoms with Crippen molar-refractivity contribution in [3.05, 3.63) is 98.5 Å². The molecule has 1 aliphatic heterocycles. The summed E-state index contributed by atoms with van der Waals surface area (Å²) in [4.78, 5) is 23.9. The molecule has 33 heavy (non-hydrogen) atoms. The van der Waals surface area contributed by atoms with Gasteiger partial charge in [-0.15, -0.1) is 0 Å². The van der Waals surface area contributed by atoms with Crippen molar-refractivity contribution in [3.8, 4) is 5.75 Å². The molecule has 3 aromatic carbocycles. The number of amides is 1. The van der Waals surface area contributed by atoms with Gasteiger partial charge in [0.05, 0.1) is 32.0 Å². The maximum absolute atomic E-state index is 12.9. The zero-order valence-corrected chi connectivity index (χ0v) is 19.8. The van der Waals surface area contributed by atoms with Crippen molar-refractivity contribution in [2.75, 3.05) is 5.01 Å². The van der Waals surface area contributed by atoms with Crippen LogP contribution in [0.1, 0.15) is 28.4 Å². The molecule has 3 aromatic rings. The second-order valence-corrected chi connectivity index (χ2v) is 8.56. The molecular formula is C25H18BrClN2O4. The summed E-state index contributed by atoms with van der Waals surface area (Å²) < 4.78 is 6.48. The molecule has 1 N–H and O–H groups in total. The van der Waals surface area contributed by atoms with Gasteiger partial charge in [0.1, 0.15) is 6.61 Å². The molecular weight excluding hydrogens is 508 g/mol. The van der Waals surface area contributed by atoms with Gasteiger partial charge in [0.15, 0.2) is 5.75 Å². The number of nitrogens with zero attached hydrogens (tertiary/aromatic N) is 2. The number of carboxylic acid groups (broad SMARTS) is 1. The molecule has 4 rings (SSSR count). The number of rotatable bonds is 6. The topological polar surface area (TPSA) is 79.2 Å². The van der Waals surface area contributed by atoms with Crippen molar-refractivity contribution in [2.24, 2.45) is 5.10 Å². The predicted octanol–water partition coefficient (Wildman–Crippen LogP) is 6.19. The van der Waals surface area contributed by atoms with Gasteiger partial charge in [-0.05, 0) is 76.5 Å². The number of carbonyl (C=O) groups is 2. The lowest BCUT2D eigenvalue weighted by atomic mass is 10.1. The van der Waals surface area contributed by atoms with Gasteiger partial charge in [-0.25, -0.2) is 4.79 Å². The van der Waals surface area contributed by atoms with Gasteiger partial charge in [-0.1, -0.05) is 41.9 Å². The van der Waals surface area contributed by atoms with Crippen molar-refractivity contribution in [1.29, 1.82) is 0 Å². The fourth-order valence-electron chi connectivity index (χ4n) is 3.29. The molecule has 0 bridgehead atoms. The third-order valence-corrected chi connectivity index (χ3v) is 5.85. The largest absolute Gasteiger partial charge is 0.486 e. The third kappa shape index (κ3) is 4.99. The predicted molar refractivity (Wildman–Crippen MR) is 132 cm³/mol. The molecule has 1 aliphatic rings. The molecule has 0 spiro atoms. The van der Waals surface area contributed by atoms with Crippen LogP contribution in [0.5, 0.6) is 5.75 Å². The lowest BCUT2D eigenvalue weighted by Crippen LogP contribution is -2.21. The van der Waals surface area contributed by atoms with Crippen LogP contribution in [-0.2, 0) is 11.4 Å². The molecule has 166 valence electrons. The lowest BCUT2D eigenvalue weighted by Gasteiger charge is -2.12. The highest BCUT2D eigenvalue weighted by Gasteiger charge is 2.28. The Morgan fingerprint density at radius 2 is 1.85 bits per heavy atom. The number of halogens is 2. The first-order chi connectivity index (χ1) is 15.8. The second kappa shape index (κ2) is 9.60. The number of hydrogen-bond donors (Lipinski definition) is 1. The number of hydrazone groups is 1. The van der Waals surface area contributed by atoms with E-state index in [1.165, 1.54) is 17.1 Å². The van der Waals surface area contributed by atoms with Crippen LogP contribution in [0.25, 0.3) is 6.08 Å². The number of hydrogen-bond acceptors (Lipinski definition) is 4. The summed E-state index contributed by atoms with van der Waals surface area (Å²) >= 11 is 9.95. The van der Waals surface area contributed by atoms with Gasteiger partial charge in [0.2, 0.25) is 0 Å². The Balaban J connectivity index is 1.52. The van der Waals surface area contributed by atoms with Gasteiger partial charge in [0.25, 0.3) is 5.91 Å². The first-order valence-corrected chi connectivity index (χ1v) is 11.1. The molecule has 6 nitrogen and oxygen atoms in total. The molecule has 1 amide bonds. The average molecular weight is 526 g/mol. The molecule has 0 unspecified atom stereocenters. The molecule has 0 atom stereocenters.